The lowest BCUT2D eigenvalue weighted by Gasteiger charge is -2.17. The fraction of sp³-hybridized carbons (Fsp3) is 0.308. The Kier molecular flexibility index (Phi) is 2.88. The minimum Gasteiger partial charge on any atom is -0.241 e. The van der Waals surface area contributed by atoms with Gasteiger partial charge in [-0.3, -0.25) is 0 Å². The van der Waals surface area contributed by atoms with Gasteiger partial charge in [0.25, 0.3) is 0 Å². The molecule has 2 aromatic rings. The van der Waals surface area contributed by atoms with Gasteiger partial charge in [-0.1, -0.05) is 20.8 Å². The first-order chi connectivity index (χ1) is 7.97. The van der Waals surface area contributed by atoms with Gasteiger partial charge in [0.1, 0.15) is 6.33 Å². The molecule has 17 heavy (non-hydrogen) atoms. The van der Waals surface area contributed by atoms with Crippen LogP contribution in [0.2, 0.25) is 0 Å². The van der Waals surface area contributed by atoms with Gasteiger partial charge in [-0.15, -0.1) is 0 Å². The zero-order valence-corrected chi connectivity index (χ0v) is 10.1. The average molecular weight is 231 g/mol. The van der Waals surface area contributed by atoms with Crippen LogP contribution in [-0.4, -0.2) is 15.0 Å². The molecule has 2 rings (SSSR count). The van der Waals surface area contributed by atoms with E-state index in [2.05, 4.69) is 35.7 Å². The van der Waals surface area contributed by atoms with Crippen molar-refractivity contribution in [2.24, 2.45) is 0 Å². The highest BCUT2D eigenvalue weighted by molar-refractivity contribution is 5.57. The number of pyridine rings is 1. The lowest BCUT2D eigenvalue weighted by Crippen LogP contribution is -2.13. The first kappa shape index (κ1) is 11.6. The highest BCUT2D eigenvalue weighted by Crippen LogP contribution is 2.23. The van der Waals surface area contributed by atoms with E-state index in [0.717, 1.165) is 17.0 Å². The number of halogens is 1. The van der Waals surface area contributed by atoms with Gasteiger partial charge in [0.15, 0.2) is 0 Å². The van der Waals surface area contributed by atoms with Crippen molar-refractivity contribution >= 4 is 0 Å². The molecule has 2 heterocycles. The highest BCUT2D eigenvalue weighted by Gasteiger charge is 2.16. The number of hydrogen-bond acceptors (Lipinski definition) is 3. The van der Waals surface area contributed by atoms with Crippen molar-refractivity contribution in [1.82, 2.24) is 15.0 Å². The minimum atomic E-state index is -0.487. The molecule has 0 N–H and O–H groups in total. The van der Waals surface area contributed by atoms with Gasteiger partial charge in [-0.2, -0.15) is 4.39 Å². The van der Waals surface area contributed by atoms with Crippen LogP contribution < -0.4 is 0 Å². The Morgan fingerprint density at radius 3 is 2.41 bits per heavy atom. The summed E-state index contributed by atoms with van der Waals surface area (Å²) in [5.74, 6) is -0.487. The van der Waals surface area contributed by atoms with Gasteiger partial charge < -0.3 is 0 Å². The quantitative estimate of drug-likeness (QED) is 0.708. The van der Waals surface area contributed by atoms with Crippen molar-refractivity contribution in [2.75, 3.05) is 0 Å². The zero-order chi connectivity index (χ0) is 12.5. The van der Waals surface area contributed by atoms with E-state index in [4.69, 9.17) is 0 Å². The Labute approximate surface area is 99.8 Å². The maximum Gasteiger partial charge on any atom is 0.212 e. The molecule has 2 aromatic heterocycles. The predicted octanol–water partition coefficient (Wildman–Crippen LogP) is 2.98. The van der Waals surface area contributed by atoms with Gasteiger partial charge in [-0.25, -0.2) is 15.0 Å². The molecule has 0 amide bonds. The summed E-state index contributed by atoms with van der Waals surface area (Å²) in [7, 11) is 0. The maximum absolute atomic E-state index is 12.7. The van der Waals surface area contributed by atoms with Crippen LogP contribution in [0.5, 0.6) is 0 Å². The van der Waals surface area contributed by atoms with E-state index in [9.17, 15) is 4.39 Å². The van der Waals surface area contributed by atoms with Gasteiger partial charge >= 0.3 is 0 Å². The van der Waals surface area contributed by atoms with Crippen molar-refractivity contribution in [3.8, 4) is 11.3 Å². The molecule has 0 aliphatic heterocycles. The Morgan fingerprint density at radius 2 is 1.82 bits per heavy atom. The monoisotopic (exact) mass is 231 g/mol. The van der Waals surface area contributed by atoms with E-state index in [-0.39, 0.29) is 5.41 Å². The molecule has 4 heteroatoms. The second-order valence-electron chi connectivity index (χ2n) is 4.91. The summed E-state index contributed by atoms with van der Waals surface area (Å²) in [6.45, 7) is 6.26. The fourth-order valence-electron chi connectivity index (χ4n) is 1.45. The lowest BCUT2D eigenvalue weighted by molar-refractivity contribution is 0.567. The largest absolute Gasteiger partial charge is 0.241 e. The van der Waals surface area contributed by atoms with Crippen LogP contribution in [0.15, 0.2) is 30.7 Å². The molecule has 0 aliphatic rings. The lowest BCUT2D eigenvalue weighted by atomic mass is 9.91. The third kappa shape index (κ3) is 2.64. The van der Waals surface area contributed by atoms with Crippen molar-refractivity contribution in [3.05, 3.63) is 42.4 Å². The first-order valence-electron chi connectivity index (χ1n) is 5.41. The molecule has 0 aromatic carbocycles. The van der Waals surface area contributed by atoms with Crippen LogP contribution in [0.3, 0.4) is 0 Å². The summed E-state index contributed by atoms with van der Waals surface area (Å²) in [5, 5.41) is 0. The normalized spacial score (nSPS) is 11.5. The summed E-state index contributed by atoms with van der Waals surface area (Å²) in [4.78, 5) is 12.0. The molecule has 0 bridgehead atoms. The summed E-state index contributed by atoms with van der Waals surface area (Å²) in [6, 6.07) is 4.90. The summed E-state index contributed by atoms with van der Waals surface area (Å²) in [5.41, 5.74) is 2.47. The molecule has 0 unspecified atom stereocenters. The Morgan fingerprint density at radius 1 is 1.06 bits per heavy atom. The topological polar surface area (TPSA) is 38.7 Å². The van der Waals surface area contributed by atoms with Gasteiger partial charge in [0.2, 0.25) is 5.95 Å². The molecule has 0 radical (unpaired) electrons. The zero-order valence-electron chi connectivity index (χ0n) is 10.1. The van der Waals surface area contributed by atoms with Crippen LogP contribution in [0.25, 0.3) is 11.3 Å². The molecule has 0 atom stereocenters. The van der Waals surface area contributed by atoms with Gasteiger partial charge in [0.05, 0.1) is 5.69 Å². The molecule has 3 nitrogen and oxygen atoms in total. The Hall–Kier alpha value is -1.84. The number of nitrogens with zero attached hydrogens (tertiary/aromatic N) is 3. The maximum atomic E-state index is 12.7. The predicted molar refractivity (Wildman–Crippen MR) is 63.9 cm³/mol. The van der Waals surface area contributed by atoms with E-state index in [1.165, 1.54) is 18.6 Å². The molecule has 0 aliphatic carbocycles. The van der Waals surface area contributed by atoms with Gasteiger partial charge in [0, 0.05) is 22.9 Å². The van der Waals surface area contributed by atoms with E-state index in [0.29, 0.717) is 0 Å². The Balaban J connectivity index is 2.43. The van der Waals surface area contributed by atoms with Crippen LogP contribution in [0.1, 0.15) is 26.5 Å². The average Bonchev–Trinajstić information content (AvgIpc) is 2.29. The highest BCUT2D eigenvalue weighted by atomic mass is 19.1. The van der Waals surface area contributed by atoms with Gasteiger partial charge in [-0.05, 0) is 18.2 Å². The van der Waals surface area contributed by atoms with Crippen molar-refractivity contribution in [3.63, 3.8) is 0 Å². The van der Waals surface area contributed by atoms with Crippen molar-refractivity contribution in [1.29, 1.82) is 0 Å². The third-order valence-corrected chi connectivity index (χ3v) is 2.46. The second-order valence-corrected chi connectivity index (χ2v) is 4.91. The van der Waals surface area contributed by atoms with Crippen LogP contribution in [0, 0.1) is 5.95 Å². The standard InChI is InChI=1S/C13H14FN3/c1-13(2,3)11-6-10(16-8-17-11)9-4-5-12(14)15-7-9/h4-8H,1-3H3. The van der Waals surface area contributed by atoms with E-state index in [1.54, 1.807) is 6.07 Å². The van der Waals surface area contributed by atoms with Crippen LogP contribution >= 0.6 is 0 Å². The third-order valence-electron chi connectivity index (χ3n) is 2.46. The fourth-order valence-corrected chi connectivity index (χ4v) is 1.45. The smallest absolute Gasteiger partial charge is 0.212 e. The van der Waals surface area contributed by atoms with E-state index < -0.39 is 5.95 Å². The van der Waals surface area contributed by atoms with Crippen LogP contribution in [-0.2, 0) is 5.41 Å². The second kappa shape index (κ2) is 4.20. The number of aromatic nitrogens is 3. The van der Waals surface area contributed by atoms with E-state index in [1.807, 2.05) is 6.07 Å². The summed E-state index contributed by atoms with van der Waals surface area (Å²) < 4.78 is 12.7. The molecular formula is C13H14FN3. The minimum absolute atomic E-state index is 0.0366. The first-order valence-corrected chi connectivity index (χ1v) is 5.41. The van der Waals surface area contributed by atoms with Crippen molar-refractivity contribution in [2.45, 2.75) is 26.2 Å². The Bertz CT molecular complexity index is 515. The number of rotatable bonds is 1. The summed E-state index contributed by atoms with van der Waals surface area (Å²) >= 11 is 0. The summed E-state index contributed by atoms with van der Waals surface area (Å²) in [6.07, 6.45) is 3.00. The number of hydrogen-bond donors (Lipinski definition) is 0. The SMILES string of the molecule is CC(C)(C)c1cc(-c2ccc(F)nc2)ncn1. The van der Waals surface area contributed by atoms with Crippen molar-refractivity contribution < 1.29 is 4.39 Å². The molecule has 0 saturated carbocycles. The molecule has 0 fully saturated rings. The van der Waals surface area contributed by atoms with E-state index >= 15 is 0 Å². The van der Waals surface area contributed by atoms with Crippen LogP contribution in [0.4, 0.5) is 4.39 Å². The molecule has 0 spiro atoms. The molecule has 88 valence electrons. The molecular weight excluding hydrogens is 217 g/mol. The molecule has 0 saturated heterocycles.